The highest BCUT2D eigenvalue weighted by Crippen LogP contribution is 2.16. The van der Waals surface area contributed by atoms with Crippen LogP contribution in [0.2, 0.25) is 0 Å². The van der Waals surface area contributed by atoms with Crippen LogP contribution in [0.4, 0.5) is 5.69 Å². The topological polar surface area (TPSA) is 84.3 Å². The van der Waals surface area contributed by atoms with Crippen LogP contribution in [0.25, 0.3) is 0 Å². The van der Waals surface area contributed by atoms with Gasteiger partial charge >= 0.3 is 0 Å². The standard InChI is InChI=1S/C14H21N3O3/c1-14(2,3)16-13(18)8-9-15-10-11-6-4-5-7-12(11)17(19)20/h4-7,15H,8-10H2,1-3H3,(H,16,18). The van der Waals surface area contributed by atoms with Crippen molar-refractivity contribution < 1.29 is 9.72 Å². The summed E-state index contributed by atoms with van der Waals surface area (Å²) in [5.74, 6) is -0.0347. The van der Waals surface area contributed by atoms with Crippen LogP contribution in [0, 0.1) is 10.1 Å². The number of carbonyl (C=O) groups excluding carboxylic acids is 1. The Labute approximate surface area is 118 Å². The summed E-state index contributed by atoms with van der Waals surface area (Å²) in [7, 11) is 0. The molecule has 0 aliphatic rings. The van der Waals surface area contributed by atoms with Gasteiger partial charge in [0.15, 0.2) is 0 Å². The zero-order valence-corrected chi connectivity index (χ0v) is 12.1. The van der Waals surface area contributed by atoms with Crippen molar-refractivity contribution in [2.75, 3.05) is 6.54 Å². The first-order chi connectivity index (χ1) is 9.29. The van der Waals surface area contributed by atoms with Crippen LogP contribution in [0.1, 0.15) is 32.8 Å². The number of amides is 1. The van der Waals surface area contributed by atoms with E-state index in [1.165, 1.54) is 6.07 Å². The van der Waals surface area contributed by atoms with E-state index in [0.717, 1.165) is 0 Å². The smallest absolute Gasteiger partial charge is 0.273 e. The van der Waals surface area contributed by atoms with Crippen molar-refractivity contribution in [3.63, 3.8) is 0 Å². The summed E-state index contributed by atoms with van der Waals surface area (Å²) in [4.78, 5) is 22.0. The van der Waals surface area contributed by atoms with E-state index < -0.39 is 4.92 Å². The van der Waals surface area contributed by atoms with E-state index in [1.54, 1.807) is 18.2 Å². The molecular weight excluding hydrogens is 258 g/mol. The fraction of sp³-hybridized carbons (Fsp3) is 0.500. The maximum absolute atomic E-state index is 11.6. The zero-order valence-electron chi connectivity index (χ0n) is 12.1. The van der Waals surface area contributed by atoms with E-state index in [2.05, 4.69) is 10.6 Å². The van der Waals surface area contributed by atoms with E-state index in [4.69, 9.17) is 0 Å². The fourth-order valence-corrected chi connectivity index (χ4v) is 1.74. The zero-order chi connectivity index (χ0) is 15.2. The van der Waals surface area contributed by atoms with Gasteiger partial charge in [0, 0.05) is 36.7 Å². The van der Waals surface area contributed by atoms with Crippen LogP contribution in [0.5, 0.6) is 0 Å². The summed E-state index contributed by atoms with van der Waals surface area (Å²) in [6, 6.07) is 6.58. The first-order valence-corrected chi connectivity index (χ1v) is 6.53. The molecule has 0 bridgehead atoms. The molecule has 1 aromatic carbocycles. The summed E-state index contributed by atoms with van der Waals surface area (Å²) in [5.41, 5.74) is 0.475. The Hall–Kier alpha value is -1.95. The highest BCUT2D eigenvalue weighted by Gasteiger charge is 2.14. The number of hydrogen-bond acceptors (Lipinski definition) is 4. The van der Waals surface area contributed by atoms with Crippen LogP contribution in [0.15, 0.2) is 24.3 Å². The molecule has 0 unspecified atom stereocenters. The lowest BCUT2D eigenvalue weighted by Crippen LogP contribution is -2.41. The van der Waals surface area contributed by atoms with Gasteiger partial charge in [-0.3, -0.25) is 14.9 Å². The van der Waals surface area contributed by atoms with Gasteiger partial charge in [0.05, 0.1) is 4.92 Å². The van der Waals surface area contributed by atoms with Gasteiger partial charge in [-0.1, -0.05) is 18.2 Å². The second-order valence-electron chi connectivity index (χ2n) is 5.61. The molecule has 0 aliphatic carbocycles. The molecule has 0 aliphatic heterocycles. The molecule has 1 aromatic rings. The number of hydrogen-bond donors (Lipinski definition) is 2. The summed E-state index contributed by atoms with van der Waals surface area (Å²) >= 11 is 0. The molecule has 0 atom stereocenters. The van der Waals surface area contributed by atoms with Crippen LogP contribution >= 0.6 is 0 Å². The molecular formula is C14H21N3O3. The number of nitro benzene ring substituents is 1. The van der Waals surface area contributed by atoms with Crippen LogP contribution in [-0.4, -0.2) is 22.9 Å². The molecule has 1 rings (SSSR count). The molecule has 0 saturated heterocycles. The molecule has 0 fully saturated rings. The average Bonchev–Trinajstić information content (AvgIpc) is 2.33. The highest BCUT2D eigenvalue weighted by molar-refractivity contribution is 5.76. The Bertz CT molecular complexity index is 481. The number of nitrogens with zero attached hydrogens (tertiary/aromatic N) is 1. The van der Waals surface area contributed by atoms with Crippen molar-refractivity contribution in [3.05, 3.63) is 39.9 Å². The minimum absolute atomic E-state index is 0.0347. The number of carbonyl (C=O) groups is 1. The lowest BCUT2D eigenvalue weighted by molar-refractivity contribution is -0.385. The summed E-state index contributed by atoms with van der Waals surface area (Å²) < 4.78 is 0. The SMILES string of the molecule is CC(C)(C)NC(=O)CCNCc1ccccc1[N+](=O)[O-]. The largest absolute Gasteiger partial charge is 0.351 e. The fourth-order valence-electron chi connectivity index (χ4n) is 1.74. The predicted molar refractivity (Wildman–Crippen MR) is 77.3 cm³/mol. The Morgan fingerprint density at radius 1 is 1.30 bits per heavy atom. The minimum atomic E-state index is -0.399. The third-order valence-corrected chi connectivity index (χ3v) is 2.55. The van der Waals surface area contributed by atoms with Gasteiger partial charge in [0.2, 0.25) is 5.91 Å². The van der Waals surface area contributed by atoms with Gasteiger partial charge in [-0.25, -0.2) is 0 Å². The van der Waals surface area contributed by atoms with Crippen LogP contribution < -0.4 is 10.6 Å². The molecule has 0 radical (unpaired) electrons. The summed E-state index contributed by atoms with van der Waals surface area (Å²) in [5, 5.41) is 16.7. The Kier molecular flexibility index (Phi) is 5.64. The van der Waals surface area contributed by atoms with Crippen molar-refractivity contribution in [1.29, 1.82) is 0 Å². The van der Waals surface area contributed by atoms with Gasteiger partial charge in [-0.15, -0.1) is 0 Å². The lowest BCUT2D eigenvalue weighted by atomic mass is 10.1. The quantitative estimate of drug-likeness (QED) is 0.474. The van der Waals surface area contributed by atoms with Gasteiger partial charge in [-0.2, -0.15) is 0 Å². The third kappa shape index (κ3) is 5.79. The third-order valence-electron chi connectivity index (χ3n) is 2.55. The summed E-state index contributed by atoms with van der Waals surface area (Å²) in [6.45, 7) is 6.62. The Morgan fingerprint density at radius 2 is 1.95 bits per heavy atom. The number of para-hydroxylation sites is 1. The second-order valence-corrected chi connectivity index (χ2v) is 5.61. The second kappa shape index (κ2) is 7.00. The first-order valence-electron chi connectivity index (χ1n) is 6.53. The number of nitrogens with one attached hydrogen (secondary N) is 2. The molecule has 2 N–H and O–H groups in total. The van der Waals surface area contributed by atoms with Crippen molar-refractivity contribution in [2.45, 2.75) is 39.3 Å². The normalized spacial score (nSPS) is 11.2. The van der Waals surface area contributed by atoms with E-state index in [0.29, 0.717) is 25.1 Å². The summed E-state index contributed by atoms with van der Waals surface area (Å²) in [6.07, 6.45) is 0.345. The molecule has 0 spiro atoms. The van der Waals surface area contributed by atoms with E-state index >= 15 is 0 Å². The van der Waals surface area contributed by atoms with Crippen molar-refractivity contribution in [3.8, 4) is 0 Å². The maximum Gasteiger partial charge on any atom is 0.273 e. The van der Waals surface area contributed by atoms with Crippen molar-refractivity contribution in [2.24, 2.45) is 0 Å². The van der Waals surface area contributed by atoms with Crippen LogP contribution in [0.3, 0.4) is 0 Å². The van der Waals surface area contributed by atoms with Crippen molar-refractivity contribution >= 4 is 11.6 Å². The first kappa shape index (κ1) is 16.1. The van der Waals surface area contributed by atoms with Gasteiger partial charge in [0.25, 0.3) is 5.69 Å². The highest BCUT2D eigenvalue weighted by atomic mass is 16.6. The van der Waals surface area contributed by atoms with E-state index in [1.807, 2.05) is 20.8 Å². The molecule has 0 heterocycles. The number of benzene rings is 1. The molecule has 110 valence electrons. The molecule has 1 amide bonds. The average molecular weight is 279 g/mol. The molecule has 6 nitrogen and oxygen atoms in total. The number of nitro groups is 1. The van der Waals surface area contributed by atoms with Gasteiger partial charge in [0.1, 0.15) is 0 Å². The molecule has 20 heavy (non-hydrogen) atoms. The number of rotatable bonds is 6. The Morgan fingerprint density at radius 3 is 2.55 bits per heavy atom. The van der Waals surface area contributed by atoms with E-state index in [9.17, 15) is 14.9 Å². The maximum atomic E-state index is 11.6. The van der Waals surface area contributed by atoms with E-state index in [-0.39, 0.29) is 17.1 Å². The van der Waals surface area contributed by atoms with Crippen LogP contribution in [-0.2, 0) is 11.3 Å². The molecule has 0 aromatic heterocycles. The van der Waals surface area contributed by atoms with Gasteiger partial charge < -0.3 is 10.6 Å². The monoisotopic (exact) mass is 279 g/mol. The van der Waals surface area contributed by atoms with Gasteiger partial charge in [-0.05, 0) is 20.8 Å². The minimum Gasteiger partial charge on any atom is -0.351 e. The molecule has 0 saturated carbocycles. The lowest BCUT2D eigenvalue weighted by Gasteiger charge is -2.20. The Balaban J connectivity index is 2.39. The molecule has 6 heteroatoms. The van der Waals surface area contributed by atoms with Crippen molar-refractivity contribution in [1.82, 2.24) is 10.6 Å². The predicted octanol–water partition coefficient (Wildman–Crippen LogP) is 1.99.